The van der Waals surface area contributed by atoms with Crippen LogP contribution in [0, 0.1) is 0 Å². The van der Waals surface area contributed by atoms with E-state index in [9.17, 15) is 4.79 Å². The predicted molar refractivity (Wildman–Crippen MR) is 89.2 cm³/mol. The summed E-state index contributed by atoms with van der Waals surface area (Å²) in [6, 6.07) is 7.58. The summed E-state index contributed by atoms with van der Waals surface area (Å²) in [5.74, 6) is -0.0675. The fraction of sp³-hybridized carbons (Fsp3) is 0.333. The number of aromatic nitrogens is 2. The summed E-state index contributed by atoms with van der Waals surface area (Å²) in [5.41, 5.74) is 1.45. The van der Waals surface area contributed by atoms with Crippen LogP contribution in [-0.2, 0) is 0 Å². The van der Waals surface area contributed by atoms with Gasteiger partial charge in [-0.15, -0.1) is 12.4 Å². The van der Waals surface area contributed by atoms with E-state index in [-0.39, 0.29) is 24.4 Å². The summed E-state index contributed by atoms with van der Waals surface area (Å²) in [6.07, 6.45) is 5.26. The summed E-state index contributed by atoms with van der Waals surface area (Å²) >= 11 is 5.86. The van der Waals surface area contributed by atoms with Gasteiger partial charge in [0.05, 0.1) is 17.4 Å². The van der Waals surface area contributed by atoms with Gasteiger partial charge in [-0.1, -0.05) is 11.6 Å². The molecule has 0 bridgehead atoms. The zero-order valence-corrected chi connectivity index (χ0v) is 13.5. The van der Waals surface area contributed by atoms with Crippen molar-refractivity contribution in [1.29, 1.82) is 0 Å². The van der Waals surface area contributed by atoms with Crippen molar-refractivity contribution < 1.29 is 4.79 Å². The van der Waals surface area contributed by atoms with Gasteiger partial charge in [-0.2, -0.15) is 5.10 Å². The predicted octanol–water partition coefficient (Wildman–Crippen LogP) is 2.43. The molecule has 1 aliphatic rings. The van der Waals surface area contributed by atoms with Crippen LogP contribution in [0.2, 0.25) is 5.02 Å². The first-order valence-corrected chi connectivity index (χ1v) is 7.42. The maximum Gasteiger partial charge on any atom is 0.254 e. The molecule has 2 heterocycles. The number of carbonyl (C=O) groups is 1. The minimum Gasteiger partial charge on any atom is -0.349 e. The zero-order chi connectivity index (χ0) is 14.7. The van der Waals surface area contributed by atoms with Gasteiger partial charge in [0.15, 0.2) is 0 Å². The van der Waals surface area contributed by atoms with Crippen LogP contribution in [0.25, 0.3) is 5.69 Å². The maximum absolute atomic E-state index is 12.2. The van der Waals surface area contributed by atoms with Crippen LogP contribution in [0.4, 0.5) is 0 Å². The number of hydrogen-bond donors (Lipinski definition) is 2. The van der Waals surface area contributed by atoms with Crippen molar-refractivity contribution in [1.82, 2.24) is 20.4 Å². The number of piperidine rings is 1. The Balaban J connectivity index is 0.00000176. The largest absolute Gasteiger partial charge is 0.349 e. The van der Waals surface area contributed by atoms with Crippen molar-refractivity contribution in [2.24, 2.45) is 0 Å². The fourth-order valence-corrected chi connectivity index (χ4v) is 2.54. The Bertz CT molecular complexity index is 621. The minimum absolute atomic E-state index is 0. The third-order valence-electron chi connectivity index (χ3n) is 3.61. The molecule has 0 spiro atoms. The monoisotopic (exact) mass is 340 g/mol. The van der Waals surface area contributed by atoms with Gasteiger partial charge in [0.1, 0.15) is 0 Å². The topological polar surface area (TPSA) is 59.0 Å². The molecule has 0 saturated carbocycles. The number of rotatable bonds is 3. The van der Waals surface area contributed by atoms with E-state index in [2.05, 4.69) is 15.7 Å². The summed E-state index contributed by atoms with van der Waals surface area (Å²) in [7, 11) is 0. The van der Waals surface area contributed by atoms with Crippen molar-refractivity contribution in [2.75, 3.05) is 13.1 Å². The van der Waals surface area contributed by atoms with Gasteiger partial charge in [-0.3, -0.25) is 4.79 Å². The Labute approximate surface area is 140 Å². The molecule has 0 unspecified atom stereocenters. The molecule has 0 radical (unpaired) electrons. The molecular weight excluding hydrogens is 323 g/mol. The fourth-order valence-electron chi connectivity index (χ4n) is 2.41. The van der Waals surface area contributed by atoms with Crippen molar-refractivity contribution >= 4 is 29.9 Å². The highest BCUT2D eigenvalue weighted by Gasteiger charge is 2.17. The molecule has 1 amide bonds. The number of nitrogens with zero attached hydrogens (tertiary/aromatic N) is 2. The van der Waals surface area contributed by atoms with Crippen molar-refractivity contribution in [3.05, 3.63) is 47.2 Å². The lowest BCUT2D eigenvalue weighted by Crippen LogP contribution is -2.42. The molecule has 1 fully saturated rings. The van der Waals surface area contributed by atoms with Gasteiger partial charge in [-0.25, -0.2) is 4.68 Å². The highest BCUT2D eigenvalue weighted by atomic mass is 35.5. The average molecular weight is 341 g/mol. The number of carbonyl (C=O) groups excluding carboxylic acids is 1. The molecule has 1 aromatic heterocycles. The van der Waals surface area contributed by atoms with Gasteiger partial charge in [0, 0.05) is 17.3 Å². The second-order valence-corrected chi connectivity index (χ2v) is 5.58. The molecule has 0 aliphatic carbocycles. The molecule has 3 rings (SSSR count). The molecule has 7 heteroatoms. The van der Waals surface area contributed by atoms with Gasteiger partial charge in [0.25, 0.3) is 5.91 Å². The van der Waals surface area contributed by atoms with Crippen LogP contribution >= 0.6 is 24.0 Å². The number of benzene rings is 1. The number of halogens is 2. The van der Waals surface area contributed by atoms with E-state index in [1.54, 1.807) is 29.2 Å². The smallest absolute Gasteiger partial charge is 0.254 e. The molecule has 1 saturated heterocycles. The highest BCUT2D eigenvalue weighted by Crippen LogP contribution is 2.13. The lowest BCUT2D eigenvalue weighted by Gasteiger charge is -2.23. The van der Waals surface area contributed by atoms with Gasteiger partial charge >= 0.3 is 0 Å². The van der Waals surface area contributed by atoms with Crippen LogP contribution in [0.15, 0.2) is 36.7 Å². The van der Waals surface area contributed by atoms with Gasteiger partial charge in [-0.05, 0) is 50.2 Å². The first-order chi connectivity index (χ1) is 10.2. The molecule has 2 N–H and O–H groups in total. The highest BCUT2D eigenvalue weighted by molar-refractivity contribution is 6.30. The standard InChI is InChI=1S/C15H17ClN4O.ClH/c16-12-1-3-14(4-2-12)20-10-11(9-18-20)15(21)19-13-5-7-17-8-6-13;/h1-4,9-10,13,17H,5-8H2,(H,19,21);1H. The Morgan fingerprint density at radius 1 is 1.27 bits per heavy atom. The Kier molecular flexibility index (Phi) is 5.83. The third-order valence-corrected chi connectivity index (χ3v) is 3.86. The van der Waals surface area contributed by atoms with E-state index >= 15 is 0 Å². The van der Waals surface area contributed by atoms with Crippen LogP contribution < -0.4 is 10.6 Å². The first kappa shape index (κ1) is 16.8. The number of nitrogens with one attached hydrogen (secondary N) is 2. The van der Waals surface area contributed by atoms with E-state index in [4.69, 9.17) is 11.6 Å². The second kappa shape index (κ2) is 7.63. The second-order valence-electron chi connectivity index (χ2n) is 5.15. The Morgan fingerprint density at radius 3 is 2.64 bits per heavy atom. The molecule has 0 atom stereocenters. The van der Waals surface area contributed by atoms with Gasteiger partial charge < -0.3 is 10.6 Å². The van der Waals surface area contributed by atoms with E-state index < -0.39 is 0 Å². The minimum atomic E-state index is -0.0675. The molecule has 118 valence electrons. The van der Waals surface area contributed by atoms with E-state index in [0.717, 1.165) is 31.6 Å². The molecular formula is C15H18Cl2N4O. The van der Waals surface area contributed by atoms with E-state index in [1.807, 2.05) is 12.1 Å². The summed E-state index contributed by atoms with van der Waals surface area (Å²) in [5, 5.41) is 11.2. The zero-order valence-electron chi connectivity index (χ0n) is 12.0. The molecule has 1 aromatic carbocycles. The van der Waals surface area contributed by atoms with Crippen LogP contribution in [0.5, 0.6) is 0 Å². The molecule has 5 nitrogen and oxygen atoms in total. The lowest BCUT2D eigenvalue weighted by molar-refractivity contribution is 0.0929. The van der Waals surface area contributed by atoms with Gasteiger partial charge in [0.2, 0.25) is 0 Å². The molecule has 2 aromatic rings. The Hall–Kier alpha value is -1.56. The van der Waals surface area contributed by atoms with Crippen LogP contribution in [0.1, 0.15) is 23.2 Å². The van der Waals surface area contributed by atoms with Crippen molar-refractivity contribution in [3.63, 3.8) is 0 Å². The van der Waals surface area contributed by atoms with Crippen molar-refractivity contribution in [2.45, 2.75) is 18.9 Å². The molecule has 1 aliphatic heterocycles. The van der Waals surface area contributed by atoms with Crippen molar-refractivity contribution in [3.8, 4) is 5.69 Å². The summed E-state index contributed by atoms with van der Waals surface area (Å²) in [6.45, 7) is 1.91. The SMILES string of the molecule is Cl.O=C(NC1CCNCC1)c1cnn(-c2ccc(Cl)cc2)c1. The van der Waals surface area contributed by atoms with Crippen LogP contribution in [-0.4, -0.2) is 34.8 Å². The lowest BCUT2D eigenvalue weighted by atomic mass is 10.1. The number of amides is 1. The third kappa shape index (κ3) is 4.00. The first-order valence-electron chi connectivity index (χ1n) is 7.04. The van der Waals surface area contributed by atoms with E-state index in [0.29, 0.717) is 10.6 Å². The average Bonchev–Trinajstić information content (AvgIpc) is 2.99. The quantitative estimate of drug-likeness (QED) is 0.902. The summed E-state index contributed by atoms with van der Waals surface area (Å²) in [4.78, 5) is 12.2. The number of hydrogen-bond acceptors (Lipinski definition) is 3. The van der Waals surface area contributed by atoms with Crippen LogP contribution in [0.3, 0.4) is 0 Å². The summed E-state index contributed by atoms with van der Waals surface area (Å²) < 4.78 is 1.67. The normalized spacial score (nSPS) is 15.1. The maximum atomic E-state index is 12.2. The molecule has 22 heavy (non-hydrogen) atoms. The van der Waals surface area contributed by atoms with E-state index in [1.165, 1.54) is 0 Å². The Morgan fingerprint density at radius 2 is 1.95 bits per heavy atom.